The number of anilines is 1. The molecule has 8 nitrogen and oxygen atoms in total. The van der Waals surface area contributed by atoms with Crippen molar-refractivity contribution in [3.8, 4) is 5.75 Å². The first-order chi connectivity index (χ1) is 12.0. The lowest BCUT2D eigenvalue weighted by atomic mass is 10.1. The molecule has 2 aromatic rings. The molecule has 2 heterocycles. The van der Waals surface area contributed by atoms with Crippen molar-refractivity contribution < 1.29 is 14.3 Å². The summed E-state index contributed by atoms with van der Waals surface area (Å²) in [6.45, 7) is 1.50. The maximum atomic E-state index is 12.4. The smallest absolute Gasteiger partial charge is 0.276 e. The molecule has 3 N–H and O–H groups in total. The van der Waals surface area contributed by atoms with Crippen molar-refractivity contribution in [2.75, 3.05) is 32.6 Å². The molecule has 0 unspecified atom stereocenters. The van der Waals surface area contributed by atoms with Gasteiger partial charge in [-0.2, -0.15) is 5.10 Å². The van der Waals surface area contributed by atoms with Gasteiger partial charge in [0.05, 0.1) is 0 Å². The van der Waals surface area contributed by atoms with E-state index >= 15 is 0 Å². The first-order valence-corrected chi connectivity index (χ1v) is 8.06. The van der Waals surface area contributed by atoms with Gasteiger partial charge in [-0.05, 0) is 24.3 Å². The van der Waals surface area contributed by atoms with Crippen molar-refractivity contribution >= 4 is 29.9 Å². The van der Waals surface area contributed by atoms with Crippen LogP contribution in [0.4, 0.5) is 5.69 Å². The van der Waals surface area contributed by atoms with Crippen molar-refractivity contribution in [1.29, 1.82) is 0 Å². The molecule has 0 fully saturated rings. The van der Waals surface area contributed by atoms with E-state index in [0.29, 0.717) is 23.7 Å². The molecule has 2 amide bonds. The van der Waals surface area contributed by atoms with Crippen LogP contribution in [0.3, 0.4) is 0 Å². The topological polar surface area (TPSA) is 99.3 Å². The quantitative estimate of drug-likeness (QED) is 0.724. The Morgan fingerprint density at radius 3 is 2.69 bits per heavy atom. The zero-order valence-electron chi connectivity index (χ0n) is 14.7. The molecule has 26 heavy (non-hydrogen) atoms. The minimum atomic E-state index is -0.252. The lowest BCUT2D eigenvalue weighted by Gasteiger charge is -2.13. The summed E-state index contributed by atoms with van der Waals surface area (Å²) >= 11 is 0. The van der Waals surface area contributed by atoms with Crippen LogP contribution in [0.15, 0.2) is 24.3 Å². The maximum absolute atomic E-state index is 12.4. The number of carbonyl (C=O) groups is 2. The van der Waals surface area contributed by atoms with Crippen molar-refractivity contribution in [3.63, 3.8) is 0 Å². The van der Waals surface area contributed by atoms with E-state index in [1.165, 1.54) is 4.90 Å². The highest BCUT2D eigenvalue weighted by Crippen LogP contribution is 2.19. The lowest BCUT2D eigenvalue weighted by Crippen LogP contribution is -2.27. The highest BCUT2D eigenvalue weighted by Gasteiger charge is 2.21. The van der Waals surface area contributed by atoms with Gasteiger partial charge in [-0.1, -0.05) is 0 Å². The number of hydrogen-bond donors (Lipinski definition) is 3. The maximum Gasteiger partial charge on any atom is 0.276 e. The Labute approximate surface area is 157 Å². The van der Waals surface area contributed by atoms with Crippen LogP contribution in [-0.2, 0) is 17.8 Å². The fraction of sp³-hybridized carbons (Fsp3) is 0.353. The molecular weight excluding hydrogens is 358 g/mol. The number of nitrogens with one attached hydrogen (secondary N) is 3. The Kier molecular flexibility index (Phi) is 6.59. The summed E-state index contributed by atoms with van der Waals surface area (Å²) in [6.07, 6.45) is 0.841. The van der Waals surface area contributed by atoms with Gasteiger partial charge in [0.1, 0.15) is 5.75 Å². The summed E-state index contributed by atoms with van der Waals surface area (Å²) in [5.74, 6) is 0.196. The summed E-state index contributed by atoms with van der Waals surface area (Å²) in [4.78, 5) is 25.4. The van der Waals surface area contributed by atoms with E-state index in [0.717, 1.165) is 24.2 Å². The molecule has 0 atom stereocenters. The van der Waals surface area contributed by atoms with Crippen molar-refractivity contribution in [3.05, 3.63) is 41.2 Å². The van der Waals surface area contributed by atoms with Gasteiger partial charge in [0.2, 0.25) is 0 Å². The largest absolute Gasteiger partial charge is 0.484 e. The van der Waals surface area contributed by atoms with E-state index in [2.05, 4.69) is 20.8 Å². The van der Waals surface area contributed by atoms with Gasteiger partial charge in [0.25, 0.3) is 11.8 Å². The van der Waals surface area contributed by atoms with Crippen LogP contribution < -0.4 is 15.4 Å². The van der Waals surface area contributed by atoms with E-state index in [4.69, 9.17) is 4.74 Å². The lowest BCUT2D eigenvalue weighted by molar-refractivity contribution is -0.130. The number of ether oxygens (including phenoxy) is 1. The zero-order chi connectivity index (χ0) is 17.8. The van der Waals surface area contributed by atoms with E-state index in [1.54, 1.807) is 38.4 Å². The Hall–Kier alpha value is -2.58. The van der Waals surface area contributed by atoms with Gasteiger partial charge >= 0.3 is 0 Å². The Morgan fingerprint density at radius 1 is 1.27 bits per heavy atom. The number of hydrogen-bond acceptors (Lipinski definition) is 5. The molecule has 0 bridgehead atoms. The van der Waals surface area contributed by atoms with Gasteiger partial charge < -0.3 is 20.3 Å². The third kappa shape index (κ3) is 4.53. The van der Waals surface area contributed by atoms with Gasteiger partial charge in [0.15, 0.2) is 12.3 Å². The van der Waals surface area contributed by atoms with E-state index in [9.17, 15) is 9.59 Å². The molecule has 0 saturated heterocycles. The van der Waals surface area contributed by atoms with Crippen LogP contribution in [-0.4, -0.2) is 54.2 Å². The second-order valence-electron chi connectivity index (χ2n) is 6.01. The van der Waals surface area contributed by atoms with Gasteiger partial charge in [0, 0.05) is 50.6 Å². The average molecular weight is 380 g/mol. The first-order valence-electron chi connectivity index (χ1n) is 8.06. The Bertz CT molecular complexity index is 773. The Morgan fingerprint density at radius 2 is 2.00 bits per heavy atom. The number of fused-ring (bicyclic) bond motifs is 1. The zero-order valence-corrected chi connectivity index (χ0v) is 15.5. The van der Waals surface area contributed by atoms with E-state index in [-0.39, 0.29) is 30.8 Å². The highest BCUT2D eigenvalue weighted by molar-refractivity contribution is 6.04. The number of aromatic amines is 1. The van der Waals surface area contributed by atoms with Gasteiger partial charge in [-0.25, -0.2) is 0 Å². The SMILES string of the molecule is CN(C)C(=O)COc1ccc(NC(=O)c2n[nH]c3c2CNCC3)cc1.Cl. The minimum Gasteiger partial charge on any atom is -0.484 e. The van der Waals surface area contributed by atoms with Gasteiger partial charge in [-0.15, -0.1) is 12.4 Å². The highest BCUT2D eigenvalue weighted by atomic mass is 35.5. The predicted molar refractivity (Wildman–Crippen MR) is 99.8 cm³/mol. The van der Waals surface area contributed by atoms with Crippen molar-refractivity contribution in [2.24, 2.45) is 0 Å². The molecule has 0 radical (unpaired) electrons. The monoisotopic (exact) mass is 379 g/mol. The number of carbonyl (C=O) groups excluding carboxylic acids is 2. The average Bonchev–Trinajstić information content (AvgIpc) is 3.05. The van der Waals surface area contributed by atoms with Crippen LogP contribution in [0.25, 0.3) is 0 Å². The summed E-state index contributed by atoms with van der Waals surface area (Å²) in [5, 5.41) is 13.1. The number of aromatic nitrogens is 2. The summed E-state index contributed by atoms with van der Waals surface area (Å²) < 4.78 is 5.41. The molecule has 3 rings (SSSR count). The second kappa shape index (κ2) is 8.68. The molecule has 1 aliphatic heterocycles. The number of halogens is 1. The predicted octanol–water partition coefficient (Wildman–Crippen LogP) is 1.20. The van der Waals surface area contributed by atoms with Crippen LogP contribution in [0, 0.1) is 0 Å². The number of benzene rings is 1. The van der Waals surface area contributed by atoms with Crippen LogP contribution in [0.2, 0.25) is 0 Å². The summed E-state index contributed by atoms with van der Waals surface area (Å²) in [5.41, 5.74) is 2.99. The molecule has 1 aromatic carbocycles. The number of rotatable bonds is 5. The second-order valence-corrected chi connectivity index (χ2v) is 6.01. The molecule has 9 heteroatoms. The molecule has 0 spiro atoms. The third-order valence-electron chi connectivity index (χ3n) is 3.99. The fourth-order valence-corrected chi connectivity index (χ4v) is 2.51. The minimum absolute atomic E-state index is 0. The molecule has 0 aliphatic carbocycles. The number of amides is 2. The standard InChI is InChI=1S/C17H21N5O3.ClH/c1-22(2)15(23)10-25-12-5-3-11(4-6-12)19-17(24)16-13-9-18-8-7-14(13)20-21-16;/h3-6,18H,7-10H2,1-2H3,(H,19,24)(H,20,21);1H. The van der Waals surface area contributed by atoms with Crippen LogP contribution in [0.5, 0.6) is 5.75 Å². The molecule has 1 aliphatic rings. The molecule has 1 aromatic heterocycles. The number of likely N-dealkylation sites (N-methyl/N-ethyl adjacent to an activating group) is 1. The number of nitrogens with zero attached hydrogens (tertiary/aromatic N) is 2. The normalized spacial score (nSPS) is 12.5. The molecule has 0 saturated carbocycles. The van der Waals surface area contributed by atoms with Crippen molar-refractivity contribution in [2.45, 2.75) is 13.0 Å². The van der Waals surface area contributed by atoms with Crippen LogP contribution >= 0.6 is 12.4 Å². The molecular formula is C17H22ClN5O3. The summed E-state index contributed by atoms with van der Waals surface area (Å²) in [7, 11) is 3.35. The van der Waals surface area contributed by atoms with Gasteiger partial charge in [-0.3, -0.25) is 14.7 Å². The third-order valence-corrected chi connectivity index (χ3v) is 3.99. The first kappa shape index (κ1) is 19.7. The van der Waals surface area contributed by atoms with E-state index < -0.39 is 0 Å². The van der Waals surface area contributed by atoms with Crippen LogP contribution in [0.1, 0.15) is 21.7 Å². The Balaban J connectivity index is 0.00000243. The van der Waals surface area contributed by atoms with E-state index in [1.807, 2.05) is 0 Å². The number of H-pyrrole nitrogens is 1. The fourth-order valence-electron chi connectivity index (χ4n) is 2.51. The van der Waals surface area contributed by atoms with Crippen molar-refractivity contribution in [1.82, 2.24) is 20.4 Å². The summed E-state index contributed by atoms with van der Waals surface area (Å²) in [6, 6.07) is 6.87. The molecule has 140 valence electrons.